The van der Waals surface area contributed by atoms with E-state index in [0.29, 0.717) is 35.7 Å². The second-order valence-corrected chi connectivity index (χ2v) is 7.30. The molecule has 0 saturated heterocycles. The van der Waals surface area contributed by atoms with Crippen molar-refractivity contribution in [1.29, 1.82) is 0 Å². The molecule has 0 bridgehead atoms. The van der Waals surface area contributed by atoms with Gasteiger partial charge >= 0.3 is 0 Å². The molecule has 0 aliphatic heterocycles. The van der Waals surface area contributed by atoms with Gasteiger partial charge in [0.15, 0.2) is 11.5 Å². The summed E-state index contributed by atoms with van der Waals surface area (Å²) in [6, 6.07) is 7.03. The third-order valence-corrected chi connectivity index (χ3v) is 4.81. The summed E-state index contributed by atoms with van der Waals surface area (Å²) in [7, 11) is 0. The van der Waals surface area contributed by atoms with Crippen molar-refractivity contribution < 1.29 is 9.59 Å². The lowest BCUT2D eigenvalue weighted by Gasteiger charge is -2.09. The van der Waals surface area contributed by atoms with E-state index in [9.17, 15) is 9.59 Å². The van der Waals surface area contributed by atoms with Gasteiger partial charge in [-0.2, -0.15) is 0 Å². The van der Waals surface area contributed by atoms with Gasteiger partial charge in [0.05, 0.1) is 6.33 Å². The highest BCUT2D eigenvalue weighted by Crippen LogP contribution is 2.15. The van der Waals surface area contributed by atoms with Gasteiger partial charge in [0.25, 0.3) is 5.91 Å². The maximum absolute atomic E-state index is 12.2. The Kier molecular flexibility index (Phi) is 8.33. The number of nitrogens with zero attached hydrogens (tertiary/aromatic N) is 3. The number of carbonyl (C=O) groups excluding carboxylic acids is 2. The zero-order valence-corrected chi connectivity index (χ0v) is 17.8. The van der Waals surface area contributed by atoms with Crippen molar-refractivity contribution in [2.45, 2.75) is 45.4 Å². The van der Waals surface area contributed by atoms with E-state index in [1.807, 2.05) is 0 Å². The summed E-state index contributed by atoms with van der Waals surface area (Å²) in [5, 5.41) is 9.02. The van der Waals surface area contributed by atoms with Gasteiger partial charge in [-0.15, -0.1) is 0 Å². The van der Waals surface area contributed by atoms with Gasteiger partial charge in [-0.1, -0.05) is 25.8 Å². The highest BCUT2D eigenvalue weighted by atomic mass is 16.2. The monoisotopic (exact) mass is 423 g/mol. The van der Waals surface area contributed by atoms with Gasteiger partial charge in [-0.05, 0) is 37.5 Å². The molecular weight excluding hydrogens is 394 g/mol. The molecule has 4 N–H and O–H groups in total. The molecular formula is C22H29N7O2. The van der Waals surface area contributed by atoms with Crippen LogP contribution in [0.5, 0.6) is 0 Å². The van der Waals surface area contributed by atoms with Gasteiger partial charge in [-0.25, -0.2) is 15.0 Å². The summed E-state index contributed by atoms with van der Waals surface area (Å²) in [5.41, 5.74) is 2.62. The first-order valence-corrected chi connectivity index (χ1v) is 10.7. The molecule has 0 unspecified atom stereocenters. The fraction of sp³-hybridized carbons (Fsp3) is 0.409. The number of anilines is 2. The van der Waals surface area contributed by atoms with Crippen LogP contribution in [0.2, 0.25) is 0 Å². The molecule has 9 heteroatoms. The highest BCUT2D eigenvalue weighted by Gasteiger charge is 2.08. The smallest absolute Gasteiger partial charge is 0.251 e. The van der Waals surface area contributed by atoms with E-state index >= 15 is 0 Å². The van der Waals surface area contributed by atoms with Gasteiger partial charge in [-0.3, -0.25) is 9.59 Å². The second-order valence-electron chi connectivity index (χ2n) is 7.30. The van der Waals surface area contributed by atoms with E-state index in [2.05, 4.69) is 42.8 Å². The Hall–Kier alpha value is -3.49. The lowest BCUT2D eigenvalue weighted by atomic mass is 10.1. The number of H-pyrrole nitrogens is 1. The van der Waals surface area contributed by atoms with Crippen LogP contribution < -0.4 is 16.0 Å². The third kappa shape index (κ3) is 6.77. The first-order valence-electron chi connectivity index (χ1n) is 10.7. The first-order chi connectivity index (χ1) is 15.2. The van der Waals surface area contributed by atoms with Crippen molar-refractivity contribution in [2.24, 2.45) is 0 Å². The lowest BCUT2D eigenvalue weighted by molar-refractivity contribution is -0.116. The molecule has 31 heavy (non-hydrogen) atoms. The van der Waals surface area contributed by atoms with Crippen LogP contribution >= 0.6 is 0 Å². The Bertz CT molecular complexity index is 1000. The molecule has 3 rings (SSSR count). The average Bonchev–Trinajstić information content (AvgIpc) is 3.26. The topological polar surface area (TPSA) is 125 Å². The number of imidazole rings is 1. The molecule has 0 radical (unpaired) electrons. The van der Waals surface area contributed by atoms with Crippen molar-refractivity contribution in [3.63, 3.8) is 0 Å². The molecule has 0 saturated carbocycles. The van der Waals surface area contributed by atoms with Gasteiger partial charge < -0.3 is 20.9 Å². The van der Waals surface area contributed by atoms with Crippen LogP contribution in [-0.4, -0.2) is 44.8 Å². The van der Waals surface area contributed by atoms with E-state index in [0.717, 1.165) is 44.2 Å². The molecule has 2 heterocycles. The van der Waals surface area contributed by atoms with Gasteiger partial charge in [0.1, 0.15) is 11.8 Å². The quantitative estimate of drug-likeness (QED) is 0.331. The molecule has 0 atom stereocenters. The normalized spacial score (nSPS) is 10.7. The number of benzene rings is 1. The van der Waals surface area contributed by atoms with E-state index in [4.69, 9.17) is 0 Å². The number of aromatic nitrogens is 4. The van der Waals surface area contributed by atoms with Crippen molar-refractivity contribution in [2.75, 3.05) is 23.7 Å². The van der Waals surface area contributed by atoms with E-state index in [-0.39, 0.29) is 11.8 Å². The molecule has 164 valence electrons. The van der Waals surface area contributed by atoms with Crippen LogP contribution in [0.3, 0.4) is 0 Å². The van der Waals surface area contributed by atoms with Crippen molar-refractivity contribution in [1.82, 2.24) is 25.3 Å². The number of hydrogen-bond acceptors (Lipinski definition) is 6. The number of unbranched alkanes of at least 4 members (excludes halogenated alkanes) is 3. The number of amides is 2. The molecule has 0 aliphatic rings. The minimum absolute atomic E-state index is 0.0504. The summed E-state index contributed by atoms with van der Waals surface area (Å²) in [4.78, 5) is 39.9. The fourth-order valence-corrected chi connectivity index (χ4v) is 3.13. The van der Waals surface area contributed by atoms with Crippen molar-refractivity contribution in [3.8, 4) is 0 Å². The van der Waals surface area contributed by atoms with Crippen molar-refractivity contribution >= 4 is 34.5 Å². The van der Waals surface area contributed by atoms with Crippen LogP contribution in [0, 0.1) is 0 Å². The predicted octanol–water partition coefficient (Wildman–Crippen LogP) is 3.49. The summed E-state index contributed by atoms with van der Waals surface area (Å²) < 4.78 is 0. The number of aromatic amines is 1. The predicted molar refractivity (Wildman–Crippen MR) is 121 cm³/mol. The Morgan fingerprint density at radius 3 is 2.81 bits per heavy atom. The molecule has 3 aromatic rings. The zero-order chi connectivity index (χ0) is 21.9. The summed E-state index contributed by atoms with van der Waals surface area (Å²) in [6.45, 7) is 3.48. The minimum Gasteiger partial charge on any atom is -0.368 e. The minimum atomic E-state index is -0.118. The Balaban J connectivity index is 1.34. The van der Waals surface area contributed by atoms with Crippen molar-refractivity contribution in [3.05, 3.63) is 42.5 Å². The largest absolute Gasteiger partial charge is 0.368 e. The maximum atomic E-state index is 12.2. The number of fused-ring (bicyclic) bond motifs is 1. The SMILES string of the molecule is CCCCNC(=O)c1cccc(NC(=O)CCCCCNc2ncnc3[nH]cnc23)c1. The summed E-state index contributed by atoms with van der Waals surface area (Å²) in [5.74, 6) is 0.543. The zero-order valence-electron chi connectivity index (χ0n) is 17.8. The molecule has 0 fully saturated rings. The fourth-order valence-electron chi connectivity index (χ4n) is 3.13. The van der Waals surface area contributed by atoms with E-state index in [1.165, 1.54) is 6.33 Å². The molecule has 2 amide bonds. The summed E-state index contributed by atoms with van der Waals surface area (Å²) >= 11 is 0. The molecule has 2 aromatic heterocycles. The number of hydrogen-bond donors (Lipinski definition) is 4. The number of nitrogens with one attached hydrogen (secondary N) is 4. The van der Waals surface area contributed by atoms with Crippen LogP contribution in [0.15, 0.2) is 36.9 Å². The molecule has 1 aromatic carbocycles. The highest BCUT2D eigenvalue weighted by molar-refractivity contribution is 5.97. The molecule has 0 spiro atoms. The standard InChI is InChI=1S/C22H29N7O2/c1-2-3-11-24-22(31)16-8-7-9-17(13-16)29-18(30)10-5-4-6-12-23-20-19-21(26-14-25-19)28-15-27-20/h7-9,13-15H,2-6,10-12H2,1H3,(H,24,31)(H,29,30)(H2,23,25,26,27,28). The third-order valence-electron chi connectivity index (χ3n) is 4.81. The Morgan fingerprint density at radius 2 is 1.94 bits per heavy atom. The first kappa shape index (κ1) is 22.2. The van der Waals surface area contributed by atoms with Gasteiger partial charge in [0, 0.05) is 30.8 Å². The average molecular weight is 424 g/mol. The van der Waals surface area contributed by atoms with Gasteiger partial charge in [0.2, 0.25) is 5.91 Å². The number of carbonyl (C=O) groups is 2. The van der Waals surface area contributed by atoms with Crippen LogP contribution in [0.1, 0.15) is 55.8 Å². The Labute approximate surface area is 181 Å². The van der Waals surface area contributed by atoms with Crippen LogP contribution in [-0.2, 0) is 4.79 Å². The number of rotatable bonds is 12. The lowest BCUT2D eigenvalue weighted by Crippen LogP contribution is -2.24. The van der Waals surface area contributed by atoms with E-state index in [1.54, 1.807) is 30.6 Å². The molecule has 0 aliphatic carbocycles. The van der Waals surface area contributed by atoms with E-state index < -0.39 is 0 Å². The summed E-state index contributed by atoms with van der Waals surface area (Å²) in [6.07, 6.45) is 8.11. The molecule has 9 nitrogen and oxygen atoms in total. The van der Waals surface area contributed by atoms with Crippen LogP contribution in [0.4, 0.5) is 11.5 Å². The second kappa shape index (κ2) is 11.6. The maximum Gasteiger partial charge on any atom is 0.251 e. The van der Waals surface area contributed by atoms with Crippen LogP contribution in [0.25, 0.3) is 11.2 Å². The Morgan fingerprint density at radius 1 is 1.03 bits per heavy atom.